The zero-order valence-electron chi connectivity index (χ0n) is 17.4. The molecule has 7 nitrogen and oxygen atoms in total. The first-order valence-corrected chi connectivity index (χ1v) is 9.88. The maximum Gasteiger partial charge on any atom is 0.334 e. The highest BCUT2D eigenvalue weighted by Gasteiger charge is 2.41. The van der Waals surface area contributed by atoms with E-state index >= 15 is 0 Å². The Morgan fingerprint density at radius 1 is 1.27 bits per heavy atom. The number of benzene rings is 1. The predicted octanol–water partition coefficient (Wildman–Crippen LogP) is 4.00. The molecule has 160 valence electrons. The number of nitriles is 1. The molecule has 1 aromatic carbocycles. The smallest absolute Gasteiger partial charge is 0.334 e. The minimum absolute atomic E-state index is 0.0419. The summed E-state index contributed by atoms with van der Waals surface area (Å²) in [4.78, 5) is 26.5. The summed E-state index contributed by atoms with van der Waals surface area (Å²) in [5.74, 6) is -3.43. The molecule has 1 aromatic rings. The molecule has 0 aliphatic carbocycles. The van der Waals surface area contributed by atoms with E-state index in [4.69, 9.17) is 16.3 Å². The summed E-state index contributed by atoms with van der Waals surface area (Å²) in [6.07, 6.45) is 0.432. The first-order valence-electron chi connectivity index (χ1n) is 9.50. The van der Waals surface area contributed by atoms with Gasteiger partial charge in [0.05, 0.1) is 34.3 Å². The van der Waals surface area contributed by atoms with Crippen LogP contribution >= 0.6 is 11.6 Å². The molecule has 2 rings (SSSR count). The lowest BCUT2D eigenvalue weighted by Crippen LogP contribution is -2.37. The topological polar surface area (TPSA) is 111 Å². The van der Waals surface area contributed by atoms with Crippen LogP contribution in [0.2, 0.25) is 5.02 Å². The lowest BCUT2D eigenvalue weighted by atomic mass is 9.78. The van der Waals surface area contributed by atoms with Gasteiger partial charge < -0.3 is 19.8 Å². The van der Waals surface area contributed by atoms with Crippen molar-refractivity contribution in [3.63, 3.8) is 0 Å². The molecule has 1 unspecified atom stereocenters. The highest BCUT2D eigenvalue weighted by Crippen LogP contribution is 2.46. The summed E-state index contributed by atoms with van der Waals surface area (Å²) in [7, 11) is 1.53. The number of ether oxygens (including phenoxy) is 1. The van der Waals surface area contributed by atoms with E-state index < -0.39 is 17.9 Å². The summed E-state index contributed by atoms with van der Waals surface area (Å²) in [5.41, 5.74) is 1.29. The Morgan fingerprint density at radius 3 is 2.40 bits per heavy atom. The Hall–Kier alpha value is -2.82. The second-order valence-corrected chi connectivity index (χ2v) is 7.84. The molecule has 1 atom stereocenters. The number of hydrogen-bond donors (Lipinski definition) is 2. The number of halogens is 1. The molecule has 0 fully saturated rings. The maximum atomic E-state index is 12.5. The maximum absolute atomic E-state index is 12.5. The van der Waals surface area contributed by atoms with E-state index in [0.717, 1.165) is 0 Å². The van der Waals surface area contributed by atoms with Gasteiger partial charge in [0.1, 0.15) is 6.07 Å². The van der Waals surface area contributed by atoms with Crippen LogP contribution in [0.5, 0.6) is 0 Å². The van der Waals surface area contributed by atoms with Crippen LogP contribution in [0.15, 0.2) is 40.7 Å². The van der Waals surface area contributed by atoms with Gasteiger partial charge in [0, 0.05) is 25.0 Å². The van der Waals surface area contributed by atoms with Crippen molar-refractivity contribution in [3.05, 3.63) is 56.9 Å². The van der Waals surface area contributed by atoms with Crippen molar-refractivity contribution in [2.75, 3.05) is 20.3 Å². The van der Waals surface area contributed by atoms with Gasteiger partial charge in [-0.2, -0.15) is 5.26 Å². The minimum Gasteiger partial charge on any atom is -0.478 e. The summed E-state index contributed by atoms with van der Waals surface area (Å²) in [5, 5.41) is 29.6. The van der Waals surface area contributed by atoms with Gasteiger partial charge in [-0.1, -0.05) is 37.6 Å². The molecule has 30 heavy (non-hydrogen) atoms. The number of carbonyl (C=O) groups is 2. The fourth-order valence-electron chi connectivity index (χ4n) is 3.80. The van der Waals surface area contributed by atoms with Gasteiger partial charge in [-0.05, 0) is 30.9 Å². The van der Waals surface area contributed by atoms with Gasteiger partial charge in [0.15, 0.2) is 0 Å². The number of nitrogens with zero attached hydrogens (tertiary/aromatic N) is 2. The first-order chi connectivity index (χ1) is 14.1. The molecular weight excluding hydrogens is 408 g/mol. The van der Waals surface area contributed by atoms with Gasteiger partial charge in [-0.15, -0.1) is 0 Å². The average Bonchev–Trinajstić information content (AvgIpc) is 2.66. The van der Waals surface area contributed by atoms with Crippen LogP contribution in [-0.2, 0) is 14.3 Å². The molecule has 1 aliphatic rings. The molecule has 0 aromatic heterocycles. The Balaban J connectivity index is 2.90. The third kappa shape index (κ3) is 4.50. The Bertz CT molecular complexity index is 959. The molecule has 1 heterocycles. The predicted molar refractivity (Wildman–Crippen MR) is 112 cm³/mol. The average molecular weight is 433 g/mol. The first kappa shape index (κ1) is 23.5. The van der Waals surface area contributed by atoms with Crippen molar-refractivity contribution in [1.29, 1.82) is 5.26 Å². The van der Waals surface area contributed by atoms with Gasteiger partial charge in [-0.3, -0.25) is 0 Å². The van der Waals surface area contributed by atoms with Crippen molar-refractivity contribution in [2.45, 2.75) is 33.1 Å². The SMILES string of the molecule is COCCN1C(C)=C(C(=O)O)C(c2cccc(C#N)c2Cl)C(C(=O)O)=C1CC(C)C. The molecule has 1 aliphatic heterocycles. The highest BCUT2D eigenvalue weighted by molar-refractivity contribution is 6.32. The van der Waals surface area contributed by atoms with E-state index in [9.17, 15) is 25.1 Å². The van der Waals surface area contributed by atoms with Crippen molar-refractivity contribution in [2.24, 2.45) is 5.92 Å². The normalized spacial score (nSPS) is 16.8. The number of allylic oxidation sites excluding steroid dienone is 2. The van der Waals surface area contributed by atoms with Crippen LogP contribution in [0.25, 0.3) is 0 Å². The van der Waals surface area contributed by atoms with Crippen LogP contribution < -0.4 is 0 Å². The Kier molecular flexibility index (Phi) is 7.65. The third-order valence-corrected chi connectivity index (χ3v) is 5.47. The number of hydrogen-bond acceptors (Lipinski definition) is 5. The molecule has 0 saturated carbocycles. The second-order valence-electron chi connectivity index (χ2n) is 7.47. The summed E-state index contributed by atoms with van der Waals surface area (Å²) < 4.78 is 5.16. The van der Waals surface area contributed by atoms with E-state index in [1.165, 1.54) is 13.2 Å². The Morgan fingerprint density at radius 2 is 1.90 bits per heavy atom. The van der Waals surface area contributed by atoms with Crippen LogP contribution in [0.3, 0.4) is 0 Å². The number of carboxylic acid groups (broad SMARTS) is 2. The molecule has 0 amide bonds. The van der Waals surface area contributed by atoms with Gasteiger partial charge >= 0.3 is 11.9 Å². The summed E-state index contributed by atoms with van der Waals surface area (Å²) >= 11 is 6.42. The standard InChI is InChI=1S/C22H25ClN2O5/c1-12(2)10-16-19(22(28)29)18(15-7-5-6-14(11-24)20(15)23)17(21(26)27)13(3)25(16)8-9-30-4/h5-7,12,18H,8-10H2,1-4H3,(H,26,27)(H,28,29). The molecule has 0 spiro atoms. The van der Waals surface area contributed by atoms with Crippen LogP contribution in [-0.4, -0.2) is 47.3 Å². The van der Waals surface area contributed by atoms with E-state index in [-0.39, 0.29) is 33.2 Å². The monoisotopic (exact) mass is 432 g/mol. The fraction of sp³-hybridized carbons (Fsp3) is 0.409. The Labute approximate surface area is 180 Å². The number of carboxylic acids is 2. The van der Waals surface area contributed by atoms with Gasteiger partial charge in [-0.25, -0.2) is 9.59 Å². The molecule has 0 bridgehead atoms. The second kappa shape index (κ2) is 9.79. The largest absolute Gasteiger partial charge is 0.478 e. The zero-order chi connectivity index (χ0) is 22.6. The van der Waals surface area contributed by atoms with Crippen molar-refractivity contribution in [3.8, 4) is 6.07 Å². The van der Waals surface area contributed by atoms with Crippen LogP contribution in [0, 0.1) is 17.2 Å². The van der Waals surface area contributed by atoms with Crippen LogP contribution in [0.1, 0.15) is 44.2 Å². The zero-order valence-corrected chi connectivity index (χ0v) is 18.2. The number of aliphatic carboxylic acids is 2. The van der Waals surface area contributed by atoms with E-state index in [1.807, 2.05) is 19.9 Å². The van der Waals surface area contributed by atoms with Gasteiger partial charge in [0.2, 0.25) is 0 Å². The summed E-state index contributed by atoms with van der Waals surface area (Å²) in [6.45, 7) is 6.20. The number of rotatable bonds is 8. The van der Waals surface area contributed by atoms with E-state index in [1.54, 1.807) is 24.0 Å². The van der Waals surface area contributed by atoms with Gasteiger partial charge in [0.25, 0.3) is 0 Å². The van der Waals surface area contributed by atoms with Crippen molar-refractivity contribution >= 4 is 23.5 Å². The quantitative estimate of drug-likeness (QED) is 0.638. The van der Waals surface area contributed by atoms with Crippen LogP contribution in [0.4, 0.5) is 0 Å². The molecule has 0 radical (unpaired) electrons. The van der Waals surface area contributed by atoms with E-state index in [2.05, 4.69) is 0 Å². The molecule has 0 saturated heterocycles. The minimum atomic E-state index is -1.24. The lowest BCUT2D eigenvalue weighted by Gasteiger charge is -2.39. The molecular formula is C22H25ClN2O5. The summed E-state index contributed by atoms with van der Waals surface area (Å²) in [6, 6.07) is 6.63. The number of methoxy groups -OCH3 is 1. The lowest BCUT2D eigenvalue weighted by molar-refractivity contribution is -0.133. The van der Waals surface area contributed by atoms with E-state index in [0.29, 0.717) is 31.0 Å². The van der Waals surface area contributed by atoms with Crippen molar-refractivity contribution in [1.82, 2.24) is 4.90 Å². The fourth-order valence-corrected chi connectivity index (χ4v) is 4.08. The third-order valence-electron chi connectivity index (χ3n) is 5.05. The molecule has 2 N–H and O–H groups in total. The van der Waals surface area contributed by atoms with Crippen molar-refractivity contribution < 1.29 is 24.5 Å². The molecule has 8 heteroatoms. The highest BCUT2D eigenvalue weighted by atomic mass is 35.5.